The summed E-state index contributed by atoms with van der Waals surface area (Å²) in [6.45, 7) is 1.82. The molecule has 0 saturated carbocycles. The van der Waals surface area contributed by atoms with Crippen LogP contribution in [0.15, 0.2) is 85.2 Å². The summed E-state index contributed by atoms with van der Waals surface area (Å²) in [5.74, 6) is -0.283. The van der Waals surface area contributed by atoms with Crippen molar-refractivity contribution in [3.8, 4) is 11.3 Å². The predicted molar refractivity (Wildman–Crippen MR) is 142 cm³/mol. The van der Waals surface area contributed by atoms with Crippen LogP contribution in [0.2, 0.25) is 0 Å². The summed E-state index contributed by atoms with van der Waals surface area (Å²) < 4.78 is 15.6. The smallest absolute Gasteiger partial charge is 0.317 e. The van der Waals surface area contributed by atoms with Crippen molar-refractivity contribution in [1.29, 1.82) is 0 Å². The first-order chi connectivity index (χ1) is 18.0. The number of aromatic nitrogens is 4. The number of hydrogen-bond donors (Lipinski definition) is 2. The maximum Gasteiger partial charge on any atom is 0.317 e. The molecule has 3 aromatic carbocycles. The first kappa shape index (κ1) is 24.2. The monoisotopic (exact) mass is 496 g/mol. The van der Waals surface area contributed by atoms with Gasteiger partial charge in [0.05, 0.1) is 23.1 Å². The van der Waals surface area contributed by atoms with Gasteiger partial charge in [0.1, 0.15) is 5.82 Å². The normalized spacial score (nSPS) is 11.1. The van der Waals surface area contributed by atoms with Crippen molar-refractivity contribution in [2.75, 3.05) is 13.6 Å². The molecule has 0 aliphatic heterocycles. The van der Waals surface area contributed by atoms with Crippen molar-refractivity contribution in [2.24, 2.45) is 0 Å². The number of imidazole rings is 1. The van der Waals surface area contributed by atoms with Gasteiger partial charge in [-0.2, -0.15) is 5.10 Å². The van der Waals surface area contributed by atoms with Crippen LogP contribution in [0.3, 0.4) is 0 Å². The van der Waals surface area contributed by atoms with Crippen LogP contribution in [-0.4, -0.2) is 44.3 Å². The summed E-state index contributed by atoms with van der Waals surface area (Å²) in [5, 5.41) is 10.3. The minimum absolute atomic E-state index is 0.112. The van der Waals surface area contributed by atoms with Gasteiger partial charge < -0.3 is 14.8 Å². The second-order valence-electron chi connectivity index (χ2n) is 9.15. The number of hydrogen-bond acceptors (Lipinski definition) is 3. The molecule has 0 atom stereocenters. The fourth-order valence-corrected chi connectivity index (χ4v) is 4.30. The van der Waals surface area contributed by atoms with Crippen LogP contribution in [0.25, 0.3) is 22.3 Å². The van der Waals surface area contributed by atoms with Gasteiger partial charge in [-0.25, -0.2) is 14.2 Å². The van der Waals surface area contributed by atoms with E-state index in [-0.39, 0.29) is 11.8 Å². The number of H-pyrrole nitrogens is 1. The van der Waals surface area contributed by atoms with E-state index in [4.69, 9.17) is 0 Å². The highest BCUT2D eigenvalue weighted by molar-refractivity contribution is 5.75. The van der Waals surface area contributed by atoms with Crippen molar-refractivity contribution in [1.82, 2.24) is 30.0 Å². The lowest BCUT2D eigenvalue weighted by Gasteiger charge is -2.18. The van der Waals surface area contributed by atoms with Gasteiger partial charge in [0, 0.05) is 37.9 Å². The van der Waals surface area contributed by atoms with Gasteiger partial charge in [-0.15, -0.1) is 0 Å². The number of carbonyl (C=O) groups is 1. The molecule has 0 radical (unpaired) electrons. The van der Waals surface area contributed by atoms with E-state index in [1.807, 2.05) is 48.8 Å². The van der Waals surface area contributed by atoms with E-state index in [9.17, 15) is 9.18 Å². The second-order valence-corrected chi connectivity index (χ2v) is 9.15. The standard InChI is InChI=1S/C29H29FN6O/c1-35(15-5-8-25-17-27(34-33-25)23-6-4-7-24(30)16-23)29(37)31-18-21-11-13-22(14-12-21)19-36-20-32-26-9-2-3-10-28(26)36/h2-4,6-7,9-14,16-17,20H,5,8,15,18-19H2,1H3,(H,31,37)(H,33,34). The largest absolute Gasteiger partial charge is 0.334 e. The van der Waals surface area contributed by atoms with Gasteiger partial charge in [0.25, 0.3) is 0 Å². The lowest BCUT2D eigenvalue weighted by molar-refractivity contribution is 0.208. The number of carbonyl (C=O) groups excluding carboxylic acids is 1. The molecular weight excluding hydrogens is 467 g/mol. The molecular formula is C29H29FN6O. The Kier molecular flexibility index (Phi) is 7.26. The Hall–Kier alpha value is -4.46. The fourth-order valence-electron chi connectivity index (χ4n) is 4.30. The van der Waals surface area contributed by atoms with Gasteiger partial charge in [0.2, 0.25) is 0 Å². The third-order valence-electron chi connectivity index (χ3n) is 6.38. The molecule has 0 spiro atoms. The number of amides is 2. The third-order valence-corrected chi connectivity index (χ3v) is 6.38. The maximum absolute atomic E-state index is 13.4. The molecule has 0 bridgehead atoms. The van der Waals surface area contributed by atoms with Gasteiger partial charge in [-0.1, -0.05) is 48.5 Å². The first-order valence-corrected chi connectivity index (χ1v) is 12.3. The van der Waals surface area contributed by atoms with Crippen LogP contribution in [0.4, 0.5) is 9.18 Å². The lowest BCUT2D eigenvalue weighted by Crippen LogP contribution is -2.37. The molecule has 5 rings (SSSR count). The zero-order valence-electron chi connectivity index (χ0n) is 20.7. The SMILES string of the molecule is CN(CCCc1cc(-c2cccc(F)c2)n[nH]1)C(=O)NCc1ccc(Cn2cnc3ccccc32)cc1. The number of rotatable bonds is 9. The number of benzene rings is 3. The quantitative estimate of drug-likeness (QED) is 0.287. The van der Waals surface area contributed by atoms with E-state index < -0.39 is 0 Å². The summed E-state index contributed by atoms with van der Waals surface area (Å²) in [7, 11) is 1.79. The Morgan fingerprint density at radius 1 is 1.03 bits per heavy atom. The number of fused-ring (bicyclic) bond motifs is 1. The molecule has 0 aliphatic rings. The second kappa shape index (κ2) is 11.1. The Balaban J connectivity index is 1.06. The van der Waals surface area contributed by atoms with Gasteiger partial charge in [-0.05, 0) is 54.3 Å². The van der Waals surface area contributed by atoms with Crippen LogP contribution in [0.5, 0.6) is 0 Å². The van der Waals surface area contributed by atoms with E-state index in [1.54, 1.807) is 18.0 Å². The number of aryl methyl sites for hydroxylation is 1. The molecule has 2 N–H and O–H groups in total. The van der Waals surface area contributed by atoms with Crippen LogP contribution in [0.1, 0.15) is 23.2 Å². The van der Waals surface area contributed by atoms with Crippen LogP contribution in [-0.2, 0) is 19.5 Å². The summed E-state index contributed by atoms with van der Waals surface area (Å²) in [6, 6.07) is 24.5. The first-order valence-electron chi connectivity index (χ1n) is 12.3. The average molecular weight is 497 g/mol. The van der Waals surface area contributed by atoms with Crippen LogP contribution in [0, 0.1) is 5.82 Å². The highest BCUT2D eigenvalue weighted by Gasteiger charge is 2.10. The van der Waals surface area contributed by atoms with Crippen molar-refractivity contribution >= 4 is 17.1 Å². The summed E-state index contributed by atoms with van der Waals surface area (Å²) >= 11 is 0. The molecule has 37 heavy (non-hydrogen) atoms. The molecule has 2 aromatic heterocycles. The van der Waals surface area contributed by atoms with E-state index in [0.29, 0.717) is 18.8 Å². The number of nitrogens with one attached hydrogen (secondary N) is 2. The van der Waals surface area contributed by atoms with E-state index >= 15 is 0 Å². The predicted octanol–water partition coefficient (Wildman–Crippen LogP) is 5.39. The zero-order valence-corrected chi connectivity index (χ0v) is 20.7. The van der Waals surface area contributed by atoms with Crippen LogP contribution >= 0.6 is 0 Å². The number of halogens is 1. The van der Waals surface area contributed by atoms with Crippen molar-refractivity contribution < 1.29 is 9.18 Å². The minimum atomic E-state index is -0.283. The lowest BCUT2D eigenvalue weighted by atomic mass is 10.1. The van der Waals surface area contributed by atoms with E-state index in [2.05, 4.69) is 43.3 Å². The molecule has 0 fully saturated rings. The topological polar surface area (TPSA) is 78.8 Å². The number of para-hydroxylation sites is 2. The molecule has 5 aromatic rings. The van der Waals surface area contributed by atoms with Gasteiger partial charge in [0.15, 0.2) is 0 Å². The Bertz CT molecular complexity index is 1490. The molecule has 0 aliphatic carbocycles. The van der Waals surface area contributed by atoms with Crippen LogP contribution < -0.4 is 5.32 Å². The Morgan fingerprint density at radius 2 is 1.84 bits per heavy atom. The number of urea groups is 1. The van der Waals surface area contributed by atoms with Crippen molar-refractivity contribution in [2.45, 2.75) is 25.9 Å². The summed E-state index contributed by atoms with van der Waals surface area (Å²) in [6.07, 6.45) is 3.39. The Labute approximate surface area is 215 Å². The highest BCUT2D eigenvalue weighted by atomic mass is 19.1. The van der Waals surface area contributed by atoms with Crippen molar-refractivity contribution in [3.63, 3.8) is 0 Å². The van der Waals surface area contributed by atoms with E-state index in [1.165, 1.54) is 17.7 Å². The number of aromatic amines is 1. The van der Waals surface area contributed by atoms with Gasteiger partial charge in [-0.3, -0.25) is 5.10 Å². The molecule has 188 valence electrons. The molecule has 7 nitrogen and oxygen atoms in total. The Morgan fingerprint density at radius 3 is 2.68 bits per heavy atom. The van der Waals surface area contributed by atoms with E-state index in [0.717, 1.165) is 47.2 Å². The summed E-state index contributed by atoms with van der Waals surface area (Å²) in [4.78, 5) is 18.7. The molecule has 8 heteroatoms. The average Bonchev–Trinajstić information content (AvgIpc) is 3.56. The number of nitrogens with zero attached hydrogens (tertiary/aromatic N) is 4. The minimum Gasteiger partial charge on any atom is -0.334 e. The fraction of sp³-hybridized carbons (Fsp3) is 0.207. The highest BCUT2D eigenvalue weighted by Crippen LogP contribution is 2.19. The molecule has 2 amide bonds. The third kappa shape index (κ3) is 6.03. The molecule has 2 heterocycles. The zero-order chi connectivity index (χ0) is 25.6. The molecule has 0 saturated heterocycles. The molecule has 0 unspecified atom stereocenters. The van der Waals surface area contributed by atoms with Crippen molar-refractivity contribution in [3.05, 3.63) is 108 Å². The van der Waals surface area contributed by atoms with Gasteiger partial charge >= 0.3 is 6.03 Å². The summed E-state index contributed by atoms with van der Waals surface area (Å²) in [5.41, 5.74) is 6.73. The maximum atomic E-state index is 13.4.